The molecule has 142 valence electrons. The quantitative estimate of drug-likeness (QED) is 0.317. The standard InChI is InChI=1S/C12H7B3F6O5S/c13-3-7-6(1-5(14)2-8(7)15)9(22)26-10(11(16,17)18,12(19,20)21)4-27(23,24)25/h1-2H,3-4H2,(H,23,24,25). The van der Waals surface area contributed by atoms with Crippen LogP contribution in [-0.2, 0) is 21.2 Å². The van der Waals surface area contributed by atoms with Gasteiger partial charge in [0.25, 0.3) is 10.1 Å². The van der Waals surface area contributed by atoms with Crippen LogP contribution in [0.4, 0.5) is 26.3 Å². The van der Waals surface area contributed by atoms with E-state index in [1.165, 1.54) is 0 Å². The minimum absolute atomic E-state index is 0.309. The van der Waals surface area contributed by atoms with Crippen molar-refractivity contribution in [2.75, 3.05) is 5.75 Å². The van der Waals surface area contributed by atoms with Gasteiger partial charge in [0, 0.05) is 0 Å². The molecule has 0 heterocycles. The van der Waals surface area contributed by atoms with Gasteiger partial charge in [0.15, 0.2) is 0 Å². The zero-order valence-corrected chi connectivity index (χ0v) is 13.9. The summed E-state index contributed by atoms with van der Waals surface area (Å²) in [6.07, 6.45) is -13.5. The molecule has 0 bridgehead atoms. The van der Waals surface area contributed by atoms with Crippen LogP contribution in [0.25, 0.3) is 0 Å². The van der Waals surface area contributed by atoms with Crippen molar-refractivity contribution in [2.24, 2.45) is 0 Å². The normalized spacial score (nSPS) is 13.4. The van der Waals surface area contributed by atoms with Crippen molar-refractivity contribution in [3.8, 4) is 0 Å². The van der Waals surface area contributed by atoms with E-state index in [0.29, 0.717) is 6.07 Å². The lowest BCUT2D eigenvalue weighted by Crippen LogP contribution is -2.63. The smallest absolute Gasteiger partial charge is 0.435 e. The SMILES string of the molecule is [B]Cc1c([B])cc([B])cc1C(=O)OC(CS(=O)(=O)O)(C(F)(F)F)C(F)(F)F. The van der Waals surface area contributed by atoms with E-state index in [1.54, 1.807) is 0 Å². The fourth-order valence-electron chi connectivity index (χ4n) is 2.07. The topological polar surface area (TPSA) is 80.7 Å². The summed E-state index contributed by atoms with van der Waals surface area (Å²) < 4.78 is 113. The molecular weight excluding hydrogens is 403 g/mol. The van der Waals surface area contributed by atoms with Crippen LogP contribution < -0.4 is 10.9 Å². The molecule has 1 aromatic rings. The van der Waals surface area contributed by atoms with Gasteiger partial charge in [-0.2, -0.15) is 34.8 Å². The summed E-state index contributed by atoms with van der Waals surface area (Å²) in [5.74, 6) is -5.25. The Balaban J connectivity index is 3.63. The molecule has 0 saturated carbocycles. The number of hydrogen-bond donors (Lipinski definition) is 1. The zero-order chi connectivity index (χ0) is 21.4. The number of rotatable bonds is 5. The Kier molecular flexibility index (Phi) is 6.43. The molecule has 27 heavy (non-hydrogen) atoms. The highest BCUT2D eigenvalue weighted by Gasteiger charge is 2.76. The first kappa shape index (κ1) is 23.4. The van der Waals surface area contributed by atoms with Gasteiger partial charge in [0.1, 0.15) is 21.4 Å². The molecule has 0 fully saturated rings. The number of hydrogen-bond acceptors (Lipinski definition) is 4. The van der Waals surface area contributed by atoms with Crippen molar-refractivity contribution in [1.82, 2.24) is 0 Å². The first-order valence-electron chi connectivity index (χ1n) is 6.65. The predicted molar refractivity (Wildman–Crippen MR) is 83.3 cm³/mol. The number of carbonyl (C=O) groups is 1. The molecule has 0 aliphatic carbocycles. The van der Waals surface area contributed by atoms with E-state index < -0.39 is 51.7 Å². The third kappa shape index (κ3) is 5.01. The largest absolute Gasteiger partial charge is 0.438 e. The van der Waals surface area contributed by atoms with Gasteiger partial charge >= 0.3 is 23.9 Å². The summed E-state index contributed by atoms with van der Waals surface area (Å²) in [5.41, 5.74) is -7.47. The van der Waals surface area contributed by atoms with Crippen molar-refractivity contribution < 1.29 is 48.8 Å². The maximum absolute atomic E-state index is 13.2. The highest BCUT2D eigenvalue weighted by molar-refractivity contribution is 7.85. The monoisotopic (exact) mass is 410 g/mol. The average Bonchev–Trinajstić information content (AvgIpc) is 2.41. The summed E-state index contributed by atoms with van der Waals surface area (Å²) in [5, 5.41) is 0. The van der Waals surface area contributed by atoms with Crippen LogP contribution in [0.3, 0.4) is 0 Å². The van der Waals surface area contributed by atoms with Gasteiger partial charge in [-0.05, 0) is 5.56 Å². The van der Waals surface area contributed by atoms with Gasteiger partial charge in [0.05, 0.1) is 13.4 Å². The number of halogens is 6. The van der Waals surface area contributed by atoms with Crippen molar-refractivity contribution in [3.63, 3.8) is 0 Å². The molecule has 0 saturated heterocycles. The molecule has 6 radical (unpaired) electrons. The van der Waals surface area contributed by atoms with E-state index in [4.69, 9.17) is 28.1 Å². The van der Waals surface area contributed by atoms with Crippen LogP contribution in [0.5, 0.6) is 0 Å². The maximum atomic E-state index is 13.2. The Labute approximate surface area is 153 Å². The van der Waals surface area contributed by atoms with E-state index in [2.05, 4.69) is 4.74 Å². The fourth-order valence-corrected chi connectivity index (χ4v) is 2.97. The van der Waals surface area contributed by atoms with Crippen molar-refractivity contribution in [3.05, 3.63) is 23.3 Å². The van der Waals surface area contributed by atoms with Gasteiger partial charge in [-0.3, -0.25) is 4.55 Å². The fraction of sp³-hybridized carbons (Fsp3) is 0.417. The molecule has 0 aromatic heterocycles. The molecule has 0 atom stereocenters. The maximum Gasteiger partial charge on any atom is 0.438 e. The van der Waals surface area contributed by atoms with E-state index in [9.17, 15) is 39.6 Å². The molecular formula is C12H7B3F6O5S. The number of alkyl halides is 6. The van der Waals surface area contributed by atoms with Crippen LogP contribution in [0.15, 0.2) is 12.1 Å². The minimum atomic E-state index is -6.45. The van der Waals surface area contributed by atoms with Gasteiger partial charge in [-0.25, -0.2) is 4.79 Å². The van der Waals surface area contributed by atoms with Gasteiger partial charge in [-0.15, -0.1) is 0 Å². The summed E-state index contributed by atoms with van der Waals surface area (Å²) in [7, 11) is 10.2. The first-order valence-corrected chi connectivity index (χ1v) is 8.26. The van der Waals surface area contributed by atoms with Crippen LogP contribution in [0.2, 0.25) is 0 Å². The lowest BCUT2D eigenvalue weighted by molar-refractivity contribution is -0.356. The van der Waals surface area contributed by atoms with Crippen molar-refractivity contribution >= 4 is 50.6 Å². The molecule has 0 spiro atoms. The zero-order valence-electron chi connectivity index (χ0n) is 13.1. The second kappa shape index (κ2) is 7.42. The van der Waals surface area contributed by atoms with Crippen molar-refractivity contribution in [2.45, 2.75) is 24.3 Å². The molecule has 1 aromatic carbocycles. The second-order valence-electron chi connectivity index (χ2n) is 5.28. The molecule has 5 nitrogen and oxygen atoms in total. The summed E-state index contributed by atoms with van der Waals surface area (Å²) in [4.78, 5) is 12.1. The predicted octanol–water partition coefficient (Wildman–Crippen LogP) is -0.149. The molecule has 15 heteroatoms. The van der Waals surface area contributed by atoms with Crippen LogP contribution in [0, 0.1) is 0 Å². The van der Waals surface area contributed by atoms with E-state index >= 15 is 0 Å². The minimum Gasteiger partial charge on any atom is -0.435 e. The second-order valence-corrected chi connectivity index (χ2v) is 6.73. The average molecular weight is 410 g/mol. The molecule has 0 amide bonds. The molecule has 0 aliphatic rings. The Morgan fingerprint density at radius 2 is 1.56 bits per heavy atom. The summed E-state index contributed by atoms with van der Waals surface area (Å²) >= 11 is 0. The van der Waals surface area contributed by atoms with E-state index in [1.807, 2.05) is 0 Å². The molecule has 0 aliphatic heterocycles. The Bertz CT molecular complexity index is 823. The van der Waals surface area contributed by atoms with Gasteiger partial charge in [-0.1, -0.05) is 29.4 Å². The van der Waals surface area contributed by atoms with Crippen LogP contribution >= 0.6 is 0 Å². The third-order valence-electron chi connectivity index (χ3n) is 3.30. The van der Waals surface area contributed by atoms with Crippen molar-refractivity contribution in [1.29, 1.82) is 0 Å². The lowest BCUT2D eigenvalue weighted by atomic mass is 9.77. The lowest BCUT2D eigenvalue weighted by Gasteiger charge is -2.35. The number of benzene rings is 1. The molecule has 1 rings (SSSR count). The number of carbonyl (C=O) groups excluding carboxylic acids is 1. The highest BCUT2D eigenvalue weighted by atomic mass is 32.2. The Morgan fingerprint density at radius 3 is 1.93 bits per heavy atom. The van der Waals surface area contributed by atoms with E-state index in [-0.39, 0.29) is 16.5 Å². The highest BCUT2D eigenvalue weighted by Crippen LogP contribution is 2.47. The number of esters is 1. The number of ether oxygens (including phenoxy) is 1. The first-order chi connectivity index (χ1) is 11.9. The third-order valence-corrected chi connectivity index (χ3v) is 4.07. The summed E-state index contributed by atoms with van der Waals surface area (Å²) in [6, 6.07) is 1.70. The Morgan fingerprint density at radius 1 is 1.07 bits per heavy atom. The summed E-state index contributed by atoms with van der Waals surface area (Å²) in [6.45, 7) is 0. The van der Waals surface area contributed by atoms with Crippen LogP contribution in [-0.4, -0.2) is 66.2 Å². The van der Waals surface area contributed by atoms with Gasteiger partial charge in [0.2, 0.25) is 0 Å². The molecule has 0 unspecified atom stereocenters. The van der Waals surface area contributed by atoms with E-state index in [0.717, 1.165) is 6.07 Å². The van der Waals surface area contributed by atoms with Gasteiger partial charge < -0.3 is 4.74 Å². The molecule has 1 N–H and O–H groups in total. The van der Waals surface area contributed by atoms with Crippen LogP contribution in [0.1, 0.15) is 15.9 Å². The Hall–Kier alpha value is -1.63.